The second-order valence-corrected chi connectivity index (χ2v) is 5.04. The van der Waals surface area contributed by atoms with Gasteiger partial charge in [-0.25, -0.2) is 0 Å². The Labute approximate surface area is 121 Å². The summed E-state index contributed by atoms with van der Waals surface area (Å²) in [6, 6.07) is 5.03. The Bertz CT molecular complexity index is 407. The molecule has 1 rings (SSSR count). The van der Waals surface area contributed by atoms with Crippen molar-refractivity contribution in [2.75, 3.05) is 19.7 Å². The number of nitrogens with one attached hydrogen (secondary N) is 1. The highest BCUT2D eigenvalue weighted by atomic mass is 19.4. The number of hydrogen-bond donors (Lipinski definition) is 2. The topological polar surface area (TPSA) is 50.7 Å². The molecule has 1 unspecified atom stereocenters. The maximum absolute atomic E-state index is 12.0. The van der Waals surface area contributed by atoms with Crippen molar-refractivity contribution in [3.63, 3.8) is 0 Å². The molecular formula is C14H20F3NO3. The molecule has 0 spiro atoms. The van der Waals surface area contributed by atoms with Crippen molar-refractivity contribution in [2.45, 2.75) is 26.3 Å². The van der Waals surface area contributed by atoms with E-state index in [1.807, 2.05) is 0 Å². The molecule has 0 amide bonds. The molecule has 7 heteroatoms. The summed E-state index contributed by atoms with van der Waals surface area (Å²) in [5, 5.41) is 12.8. The molecule has 0 aliphatic heterocycles. The van der Waals surface area contributed by atoms with Gasteiger partial charge in [-0.2, -0.15) is 0 Å². The van der Waals surface area contributed by atoms with E-state index in [0.717, 1.165) is 18.7 Å². The van der Waals surface area contributed by atoms with Crippen LogP contribution in [0, 0.1) is 5.92 Å². The lowest BCUT2D eigenvalue weighted by Gasteiger charge is -2.14. The molecule has 0 fully saturated rings. The largest absolute Gasteiger partial charge is 0.573 e. The molecule has 120 valence electrons. The molecule has 1 aromatic carbocycles. The van der Waals surface area contributed by atoms with Crippen LogP contribution in [0.4, 0.5) is 13.2 Å². The normalized spacial score (nSPS) is 13.3. The molecule has 0 aromatic heterocycles. The third-order valence-corrected chi connectivity index (χ3v) is 2.43. The first-order valence-electron chi connectivity index (χ1n) is 6.63. The minimum absolute atomic E-state index is 0.0601. The van der Waals surface area contributed by atoms with Crippen molar-refractivity contribution < 1.29 is 27.8 Å². The average molecular weight is 307 g/mol. The number of halogens is 3. The van der Waals surface area contributed by atoms with Gasteiger partial charge in [0.05, 0.1) is 0 Å². The molecule has 2 N–H and O–H groups in total. The minimum Gasteiger partial charge on any atom is -0.491 e. The van der Waals surface area contributed by atoms with E-state index in [1.54, 1.807) is 0 Å². The fraction of sp³-hybridized carbons (Fsp3) is 0.571. The van der Waals surface area contributed by atoms with Gasteiger partial charge in [0.15, 0.2) is 0 Å². The summed E-state index contributed by atoms with van der Waals surface area (Å²) in [5.74, 6) is 0.542. The number of hydrogen-bond acceptors (Lipinski definition) is 4. The maximum atomic E-state index is 12.0. The number of aliphatic hydroxyl groups excluding tert-OH is 1. The molecule has 0 saturated heterocycles. The van der Waals surface area contributed by atoms with Crippen molar-refractivity contribution in [1.82, 2.24) is 5.32 Å². The van der Waals surface area contributed by atoms with Crippen LogP contribution in [0.2, 0.25) is 0 Å². The minimum atomic E-state index is -4.71. The molecular weight excluding hydrogens is 287 g/mol. The Morgan fingerprint density at radius 1 is 1.10 bits per heavy atom. The van der Waals surface area contributed by atoms with Crippen LogP contribution in [0.15, 0.2) is 24.3 Å². The zero-order valence-electron chi connectivity index (χ0n) is 12.0. The first-order chi connectivity index (χ1) is 9.76. The molecule has 4 nitrogen and oxygen atoms in total. The summed E-state index contributed by atoms with van der Waals surface area (Å²) in [6.07, 6.45) is -5.39. The van der Waals surface area contributed by atoms with Gasteiger partial charge in [-0.1, -0.05) is 13.8 Å². The van der Waals surface area contributed by atoms with Gasteiger partial charge in [-0.15, -0.1) is 13.2 Å². The Balaban J connectivity index is 2.32. The van der Waals surface area contributed by atoms with E-state index in [2.05, 4.69) is 23.9 Å². The van der Waals surface area contributed by atoms with Crippen LogP contribution in [-0.4, -0.2) is 37.3 Å². The van der Waals surface area contributed by atoms with Crippen molar-refractivity contribution in [1.29, 1.82) is 0 Å². The summed E-state index contributed by atoms with van der Waals surface area (Å²) in [5.41, 5.74) is 0. The van der Waals surface area contributed by atoms with Gasteiger partial charge in [0.25, 0.3) is 0 Å². The SMILES string of the molecule is CC(C)CNCC(O)COc1ccc(OC(F)(F)F)cc1. The van der Waals surface area contributed by atoms with Crippen LogP contribution >= 0.6 is 0 Å². The second kappa shape index (κ2) is 8.09. The van der Waals surface area contributed by atoms with Crippen molar-refractivity contribution in [2.24, 2.45) is 5.92 Å². The number of benzene rings is 1. The Kier molecular flexibility index (Phi) is 6.77. The molecule has 0 radical (unpaired) electrons. The van der Waals surface area contributed by atoms with Crippen LogP contribution in [0.1, 0.15) is 13.8 Å². The average Bonchev–Trinajstić information content (AvgIpc) is 2.35. The highest BCUT2D eigenvalue weighted by Gasteiger charge is 2.30. The lowest BCUT2D eigenvalue weighted by atomic mass is 10.2. The van der Waals surface area contributed by atoms with Crippen molar-refractivity contribution in [3.8, 4) is 11.5 Å². The fourth-order valence-corrected chi connectivity index (χ4v) is 1.53. The molecule has 0 heterocycles. The first kappa shape index (κ1) is 17.6. The van der Waals surface area contributed by atoms with Gasteiger partial charge >= 0.3 is 6.36 Å². The molecule has 0 bridgehead atoms. The predicted octanol–water partition coefficient (Wildman–Crippen LogP) is 2.57. The summed E-state index contributed by atoms with van der Waals surface area (Å²) in [4.78, 5) is 0. The number of alkyl halides is 3. The molecule has 21 heavy (non-hydrogen) atoms. The summed E-state index contributed by atoms with van der Waals surface area (Å²) >= 11 is 0. The van der Waals surface area contributed by atoms with Gasteiger partial charge in [-0.3, -0.25) is 0 Å². The van der Waals surface area contributed by atoms with E-state index in [1.165, 1.54) is 12.1 Å². The Morgan fingerprint density at radius 3 is 2.19 bits per heavy atom. The van der Waals surface area contributed by atoms with E-state index in [-0.39, 0.29) is 12.4 Å². The van der Waals surface area contributed by atoms with Crippen molar-refractivity contribution in [3.05, 3.63) is 24.3 Å². The molecule has 0 saturated carbocycles. The van der Waals surface area contributed by atoms with Gasteiger partial charge in [0, 0.05) is 6.54 Å². The van der Waals surface area contributed by atoms with Gasteiger partial charge in [0.1, 0.15) is 24.2 Å². The third-order valence-electron chi connectivity index (χ3n) is 2.43. The van der Waals surface area contributed by atoms with Crippen LogP contribution in [0.25, 0.3) is 0 Å². The molecule has 1 atom stereocenters. The molecule has 0 aliphatic rings. The quantitative estimate of drug-likeness (QED) is 0.775. The number of aliphatic hydroxyl groups is 1. The molecule has 1 aromatic rings. The highest BCUT2D eigenvalue weighted by molar-refractivity contribution is 5.31. The zero-order chi connectivity index (χ0) is 15.9. The van der Waals surface area contributed by atoms with E-state index in [9.17, 15) is 18.3 Å². The summed E-state index contributed by atoms with van der Waals surface area (Å²) in [7, 11) is 0. The predicted molar refractivity (Wildman–Crippen MR) is 72.3 cm³/mol. The van der Waals surface area contributed by atoms with Gasteiger partial charge in [-0.05, 0) is 36.7 Å². The van der Waals surface area contributed by atoms with Crippen LogP contribution in [0.3, 0.4) is 0 Å². The van der Waals surface area contributed by atoms with Crippen LogP contribution in [0.5, 0.6) is 11.5 Å². The van der Waals surface area contributed by atoms with Crippen molar-refractivity contribution >= 4 is 0 Å². The Hall–Kier alpha value is -1.47. The van der Waals surface area contributed by atoms with Gasteiger partial charge in [0.2, 0.25) is 0 Å². The molecule has 0 aliphatic carbocycles. The number of rotatable bonds is 8. The third kappa shape index (κ3) is 8.41. The van der Waals surface area contributed by atoms with E-state index in [0.29, 0.717) is 18.2 Å². The van der Waals surface area contributed by atoms with Crippen LogP contribution in [-0.2, 0) is 0 Å². The van der Waals surface area contributed by atoms with E-state index >= 15 is 0 Å². The highest BCUT2D eigenvalue weighted by Crippen LogP contribution is 2.24. The standard InChI is InChI=1S/C14H20F3NO3/c1-10(2)7-18-8-11(19)9-20-12-3-5-13(6-4-12)21-14(15,16)17/h3-6,10-11,18-19H,7-9H2,1-2H3. The second-order valence-electron chi connectivity index (χ2n) is 5.04. The fourth-order valence-electron chi connectivity index (χ4n) is 1.53. The lowest BCUT2D eigenvalue weighted by Crippen LogP contribution is -2.33. The van der Waals surface area contributed by atoms with Crippen LogP contribution < -0.4 is 14.8 Å². The van der Waals surface area contributed by atoms with Gasteiger partial charge < -0.3 is 19.9 Å². The van der Waals surface area contributed by atoms with E-state index < -0.39 is 12.5 Å². The smallest absolute Gasteiger partial charge is 0.491 e. The first-order valence-corrected chi connectivity index (χ1v) is 6.63. The van der Waals surface area contributed by atoms with E-state index in [4.69, 9.17) is 4.74 Å². The maximum Gasteiger partial charge on any atom is 0.573 e. The summed E-state index contributed by atoms with van der Waals surface area (Å²) < 4.78 is 45.0. The number of ether oxygens (including phenoxy) is 2. The Morgan fingerprint density at radius 2 is 1.67 bits per heavy atom. The lowest BCUT2D eigenvalue weighted by molar-refractivity contribution is -0.274. The monoisotopic (exact) mass is 307 g/mol. The summed E-state index contributed by atoms with van der Waals surface area (Å²) in [6.45, 7) is 5.36. The zero-order valence-corrected chi connectivity index (χ0v) is 12.0.